The summed E-state index contributed by atoms with van der Waals surface area (Å²) in [5.74, 6) is -0.200. The predicted molar refractivity (Wildman–Crippen MR) is 113 cm³/mol. The Bertz CT molecular complexity index is 751. The molecule has 0 aliphatic carbocycles. The van der Waals surface area contributed by atoms with Crippen LogP contribution in [0.25, 0.3) is 0 Å². The number of carbonyl (C=O) groups excluding carboxylic acids is 1. The van der Waals surface area contributed by atoms with Crippen LogP contribution in [0.1, 0.15) is 22.8 Å². The Labute approximate surface area is 166 Å². The second-order valence-corrected chi connectivity index (χ2v) is 7.42. The Morgan fingerprint density at radius 2 is 1.96 bits per heavy atom. The molecule has 1 saturated heterocycles. The summed E-state index contributed by atoms with van der Waals surface area (Å²) in [6.45, 7) is 5.13. The SMILES string of the molecule is CC1CN(c2ccc(C(=O)N[C@@H](Cc3ccccc3)[C@H](O)CN)cc2)CCN1. The van der Waals surface area contributed by atoms with Crippen LogP contribution in [0.3, 0.4) is 0 Å². The minimum Gasteiger partial charge on any atom is -0.390 e. The Kier molecular flexibility index (Phi) is 7.03. The van der Waals surface area contributed by atoms with E-state index in [4.69, 9.17) is 5.73 Å². The average Bonchev–Trinajstić information content (AvgIpc) is 2.73. The first-order valence-corrected chi connectivity index (χ1v) is 9.88. The number of nitrogens with zero attached hydrogens (tertiary/aromatic N) is 1. The van der Waals surface area contributed by atoms with Gasteiger partial charge in [0.2, 0.25) is 0 Å². The van der Waals surface area contributed by atoms with Crippen molar-refractivity contribution in [3.05, 3.63) is 65.7 Å². The van der Waals surface area contributed by atoms with Crippen molar-refractivity contribution in [2.24, 2.45) is 5.73 Å². The molecule has 28 heavy (non-hydrogen) atoms. The maximum atomic E-state index is 12.7. The van der Waals surface area contributed by atoms with Crippen molar-refractivity contribution >= 4 is 11.6 Å². The van der Waals surface area contributed by atoms with E-state index < -0.39 is 12.1 Å². The smallest absolute Gasteiger partial charge is 0.251 e. The Balaban J connectivity index is 1.65. The van der Waals surface area contributed by atoms with Crippen molar-refractivity contribution in [3.63, 3.8) is 0 Å². The van der Waals surface area contributed by atoms with Gasteiger partial charge in [0.1, 0.15) is 0 Å². The second-order valence-electron chi connectivity index (χ2n) is 7.42. The largest absolute Gasteiger partial charge is 0.390 e. The van der Waals surface area contributed by atoms with Crippen molar-refractivity contribution in [2.45, 2.75) is 31.5 Å². The summed E-state index contributed by atoms with van der Waals surface area (Å²) in [5.41, 5.74) is 8.38. The van der Waals surface area contributed by atoms with Crippen LogP contribution in [0.15, 0.2) is 54.6 Å². The molecule has 1 fully saturated rings. The molecule has 150 valence electrons. The highest BCUT2D eigenvalue weighted by Crippen LogP contribution is 2.17. The number of aliphatic hydroxyl groups excluding tert-OH is 1. The van der Waals surface area contributed by atoms with Gasteiger partial charge >= 0.3 is 0 Å². The minimum atomic E-state index is -0.800. The fraction of sp³-hybridized carbons (Fsp3) is 0.409. The maximum Gasteiger partial charge on any atom is 0.251 e. The summed E-state index contributed by atoms with van der Waals surface area (Å²) in [4.78, 5) is 15.0. The number of carbonyl (C=O) groups is 1. The van der Waals surface area contributed by atoms with E-state index in [2.05, 4.69) is 22.5 Å². The summed E-state index contributed by atoms with van der Waals surface area (Å²) in [7, 11) is 0. The van der Waals surface area contributed by atoms with Gasteiger partial charge in [0.05, 0.1) is 12.1 Å². The van der Waals surface area contributed by atoms with Crippen LogP contribution >= 0.6 is 0 Å². The zero-order valence-electron chi connectivity index (χ0n) is 16.3. The normalized spacial score (nSPS) is 19.1. The van der Waals surface area contributed by atoms with E-state index in [1.807, 2.05) is 54.6 Å². The third-order valence-electron chi connectivity index (χ3n) is 5.18. The fourth-order valence-electron chi connectivity index (χ4n) is 3.56. The lowest BCUT2D eigenvalue weighted by Crippen LogP contribution is -2.49. The molecule has 0 aromatic heterocycles. The fourth-order valence-corrected chi connectivity index (χ4v) is 3.56. The monoisotopic (exact) mass is 382 g/mol. The molecule has 3 atom stereocenters. The van der Waals surface area contributed by atoms with Gasteiger partial charge in [-0.1, -0.05) is 30.3 Å². The van der Waals surface area contributed by atoms with Crippen LogP contribution < -0.4 is 21.3 Å². The van der Waals surface area contributed by atoms with Crippen molar-refractivity contribution in [1.82, 2.24) is 10.6 Å². The van der Waals surface area contributed by atoms with Crippen molar-refractivity contribution in [2.75, 3.05) is 31.1 Å². The van der Waals surface area contributed by atoms with Gasteiger partial charge in [-0.3, -0.25) is 4.79 Å². The number of nitrogens with one attached hydrogen (secondary N) is 2. The first-order chi connectivity index (χ1) is 13.6. The topological polar surface area (TPSA) is 90.6 Å². The van der Waals surface area contributed by atoms with Crippen molar-refractivity contribution in [1.29, 1.82) is 0 Å². The molecule has 6 nitrogen and oxygen atoms in total. The van der Waals surface area contributed by atoms with Crippen molar-refractivity contribution in [3.8, 4) is 0 Å². The molecule has 1 aliphatic heterocycles. The van der Waals surface area contributed by atoms with Crippen LogP contribution in [0.4, 0.5) is 5.69 Å². The van der Waals surface area contributed by atoms with E-state index in [0.29, 0.717) is 18.0 Å². The number of piperazine rings is 1. The lowest BCUT2D eigenvalue weighted by molar-refractivity contribution is 0.0845. The molecule has 2 aromatic carbocycles. The summed E-state index contributed by atoms with van der Waals surface area (Å²) in [6.07, 6.45) is -0.271. The molecular formula is C22H30N4O2. The number of benzene rings is 2. The van der Waals surface area contributed by atoms with Gasteiger partial charge in [0.15, 0.2) is 0 Å². The Morgan fingerprint density at radius 1 is 1.25 bits per heavy atom. The van der Waals surface area contributed by atoms with Gasteiger partial charge in [-0.05, 0) is 43.2 Å². The highest BCUT2D eigenvalue weighted by Gasteiger charge is 2.22. The molecule has 1 unspecified atom stereocenters. The lowest BCUT2D eigenvalue weighted by atomic mass is 10.0. The zero-order chi connectivity index (χ0) is 19.9. The molecule has 0 bridgehead atoms. The summed E-state index contributed by atoms with van der Waals surface area (Å²) in [6, 6.07) is 17.4. The van der Waals surface area contributed by atoms with Crippen LogP contribution in [-0.4, -0.2) is 55.4 Å². The number of aliphatic hydroxyl groups is 1. The number of rotatable bonds is 7. The molecular weight excluding hydrogens is 352 g/mol. The molecule has 1 heterocycles. The van der Waals surface area contributed by atoms with E-state index in [0.717, 1.165) is 30.9 Å². The first-order valence-electron chi connectivity index (χ1n) is 9.88. The standard InChI is InChI=1S/C22H30N4O2/c1-16-15-26(12-11-24-16)19-9-7-18(8-10-19)22(28)25-20(21(27)14-23)13-17-5-3-2-4-6-17/h2-10,16,20-21,24,27H,11-15,23H2,1H3,(H,25,28)/t16?,20-,21+/m0/s1. The highest BCUT2D eigenvalue weighted by atomic mass is 16.3. The number of hydrogen-bond acceptors (Lipinski definition) is 5. The van der Waals surface area contributed by atoms with Crippen molar-refractivity contribution < 1.29 is 9.90 Å². The third kappa shape index (κ3) is 5.32. The molecule has 1 amide bonds. The molecule has 6 heteroatoms. The third-order valence-corrected chi connectivity index (χ3v) is 5.18. The van der Waals surface area contributed by atoms with Crippen LogP contribution in [0, 0.1) is 0 Å². The van der Waals surface area contributed by atoms with Crippen LogP contribution in [-0.2, 0) is 6.42 Å². The molecule has 2 aromatic rings. The molecule has 1 aliphatic rings. The maximum absolute atomic E-state index is 12.7. The van der Waals surface area contributed by atoms with Crippen LogP contribution in [0.5, 0.6) is 0 Å². The van der Waals surface area contributed by atoms with Crippen LogP contribution in [0.2, 0.25) is 0 Å². The van der Waals surface area contributed by atoms with E-state index >= 15 is 0 Å². The van der Waals surface area contributed by atoms with E-state index in [-0.39, 0.29) is 12.5 Å². The zero-order valence-corrected chi connectivity index (χ0v) is 16.3. The number of nitrogens with two attached hydrogens (primary N) is 1. The number of amides is 1. The summed E-state index contributed by atoms with van der Waals surface area (Å²) >= 11 is 0. The second kappa shape index (κ2) is 9.68. The Morgan fingerprint density at radius 3 is 2.61 bits per heavy atom. The number of anilines is 1. The van der Waals surface area contributed by atoms with Gasteiger partial charge in [-0.2, -0.15) is 0 Å². The van der Waals surface area contributed by atoms with Gasteiger partial charge in [-0.25, -0.2) is 0 Å². The van der Waals surface area contributed by atoms with E-state index in [9.17, 15) is 9.90 Å². The van der Waals surface area contributed by atoms with Gasteiger partial charge in [0, 0.05) is 43.5 Å². The highest BCUT2D eigenvalue weighted by molar-refractivity contribution is 5.94. The average molecular weight is 383 g/mol. The molecule has 3 rings (SSSR count). The molecule has 5 N–H and O–H groups in total. The quantitative estimate of drug-likeness (QED) is 0.577. The number of hydrogen-bond donors (Lipinski definition) is 4. The molecule has 0 radical (unpaired) electrons. The van der Waals surface area contributed by atoms with Gasteiger partial charge in [0.25, 0.3) is 5.91 Å². The predicted octanol–water partition coefficient (Wildman–Crippen LogP) is 1.15. The van der Waals surface area contributed by atoms with E-state index in [1.54, 1.807) is 0 Å². The summed E-state index contributed by atoms with van der Waals surface area (Å²) < 4.78 is 0. The molecule has 0 spiro atoms. The first kappa shape index (κ1) is 20.3. The molecule has 0 saturated carbocycles. The van der Waals surface area contributed by atoms with E-state index in [1.165, 1.54) is 0 Å². The minimum absolute atomic E-state index is 0.0951. The van der Waals surface area contributed by atoms with Gasteiger partial charge < -0.3 is 26.4 Å². The Hall–Kier alpha value is -2.41. The summed E-state index contributed by atoms with van der Waals surface area (Å²) in [5, 5.41) is 16.6. The lowest BCUT2D eigenvalue weighted by Gasteiger charge is -2.33. The van der Waals surface area contributed by atoms with Gasteiger partial charge in [-0.15, -0.1) is 0 Å².